The Morgan fingerprint density at radius 1 is 1.05 bits per heavy atom. The van der Waals surface area contributed by atoms with E-state index in [4.69, 9.17) is 21.3 Å². The van der Waals surface area contributed by atoms with Crippen LogP contribution in [-0.2, 0) is 20.5 Å². The van der Waals surface area contributed by atoms with Crippen LogP contribution in [0.5, 0.6) is 11.8 Å². The summed E-state index contributed by atoms with van der Waals surface area (Å²) in [5.41, 5.74) is 4.61. The molecule has 4 aromatic rings. The summed E-state index contributed by atoms with van der Waals surface area (Å²) in [4.78, 5) is 35.3. The largest absolute Gasteiger partial charge is 0.426 e. The first-order valence-electron chi connectivity index (χ1n) is 12.8. The number of nitrogens with zero attached hydrogens (tertiary/aromatic N) is 2. The maximum Gasteiger partial charge on any atom is 0.301 e. The Balaban J connectivity index is 1.33. The van der Waals surface area contributed by atoms with Gasteiger partial charge < -0.3 is 19.8 Å². The van der Waals surface area contributed by atoms with Crippen LogP contribution < -0.4 is 10.1 Å². The molecule has 0 unspecified atom stereocenters. The van der Waals surface area contributed by atoms with Gasteiger partial charge in [0.2, 0.25) is 5.91 Å². The van der Waals surface area contributed by atoms with Gasteiger partial charge in [0.05, 0.1) is 21.8 Å². The van der Waals surface area contributed by atoms with Gasteiger partial charge in [-0.05, 0) is 74.8 Å². The minimum absolute atomic E-state index is 0.0874. The number of benzene rings is 2. The maximum absolute atomic E-state index is 11.5. The highest BCUT2D eigenvalue weighted by atomic mass is 35.5. The molecule has 196 valence electrons. The highest BCUT2D eigenvalue weighted by Crippen LogP contribution is 2.52. The number of ketones is 1. The number of ether oxygens (including phenoxy) is 1. The molecule has 0 aliphatic heterocycles. The van der Waals surface area contributed by atoms with E-state index in [1.54, 1.807) is 13.0 Å². The molecule has 1 aliphatic rings. The fraction of sp³-hybridized carbons (Fsp3) is 0.333. The molecule has 38 heavy (non-hydrogen) atoms. The molecule has 2 aromatic carbocycles. The SMILES string of the molecule is CC(=O)CCC1(c2ccc(-c3nc4nc(Oc5ccc(C(C)(C)NC(C)=O)cc5)[nH]c4cc3Cl)cc2)CC1. The van der Waals surface area contributed by atoms with Crippen LogP contribution in [0.25, 0.3) is 22.4 Å². The number of carbonyl (C=O) groups excluding carboxylic acids is 2. The standard InChI is InChI=1S/C30H31ClN4O3/c1-18(36)13-14-30(15-16-30)22-7-5-20(6-8-22)26-24(31)17-25-27(33-26)34-28(32-25)38-23-11-9-21(10-12-23)29(3,4)35-19(2)37/h5-12,17H,13-16H2,1-4H3,(H,35,37)(H,32,33,34). The van der Waals surface area contributed by atoms with Gasteiger partial charge >= 0.3 is 6.01 Å². The zero-order valence-electron chi connectivity index (χ0n) is 22.0. The Kier molecular flexibility index (Phi) is 6.73. The van der Waals surface area contributed by atoms with Gasteiger partial charge in [-0.3, -0.25) is 4.79 Å². The molecule has 1 fully saturated rings. The fourth-order valence-corrected chi connectivity index (χ4v) is 5.20. The molecule has 0 spiro atoms. The molecule has 8 heteroatoms. The van der Waals surface area contributed by atoms with Crippen molar-refractivity contribution in [2.45, 2.75) is 64.3 Å². The van der Waals surface area contributed by atoms with Crippen molar-refractivity contribution >= 4 is 34.5 Å². The van der Waals surface area contributed by atoms with E-state index in [2.05, 4.69) is 27.4 Å². The molecule has 0 radical (unpaired) electrons. The van der Waals surface area contributed by atoms with E-state index in [1.165, 1.54) is 12.5 Å². The summed E-state index contributed by atoms with van der Waals surface area (Å²) in [6.07, 6.45) is 3.76. The van der Waals surface area contributed by atoms with Crippen molar-refractivity contribution in [3.63, 3.8) is 0 Å². The number of halogens is 1. The minimum Gasteiger partial charge on any atom is -0.426 e. The van der Waals surface area contributed by atoms with Crippen molar-refractivity contribution in [2.75, 3.05) is 0 Å². The van der Waals surface area contributed by atoms with Gasteiger partial charge in [-0.1, -0.05) is 48.0 Å². The summed E-state index contributed by atoms with van der Waals surface area (Å²) in [6.45, 7) is 7.05. The predicted octanol–water partition coefficient (Wildman–Crippen LogP) is 6.84. The molecule has 0 atom stereocenters. The van der Waals surface area contributed by atoms with E-state index < -0.39 is 5.54 Å². The third-order valence-electron chi connectivity index (χ3n) is 7.26. The quantitative estimate of drug-likeness (QED) is 0.247. The number of hydrogen-bond donors (Lipinski definition) is 2. The lowest BCUT2D eigenvalue weighted by molar-refractivity contribution is -0.120. The third kappa shape index (κ3) is 5.43. The highest BCUT2D eigenvalue weighted by Gasteiger charge is 2.43. The zero-order valence-corrected chi connectivity index (χ0v) is 22.8. The lowest BCUT2D eigenvalue weighted by Gasteiger charge is -2.26. The summed E-state index contributed by atoms with van der Waals surface area (Å²) < 4.78 is 5.94. The maximum atomic E-state index is 11.5. The van der Waals surface area contributed by atoms with Gasteiger partial charge in [-0.2, -0.15) is 4.98 Å². The number of pyridine rings is 1. The highest BCUT2D eigenvalue weighted by molar-refractivity contribution is 6.33. The van der Waals surface area contributed by atoms with Gasteiger partial charge in [0, 0.05) is 18.9 Å². The first-order chi connectivity index (χ1) is 18.0. The van der Waals surface area contributed by atoms with Crippen molar-refractivity contribution in [3.05, 3.63) is 70.7 Å². The second-order valence-corrected chi connectivity index (χ2v) is 11.1. The fourth-order valence-electron chi connectivity index (χ4n) is 4.94. The first-order valence-corrected chi connectivity index (χ1v) is 13.2. The number of H-pyrrole nitrogens is 1. The van der Waals surface area contributed by atoms with Crippen molar-refractivity contribution < 1.29 is 14.3 Å². The third-order valence-corrected chi connectivity index (χ3v) is 7.55. The van der Waals surface area contributed by atoms with E-state index in [-0.39, 0.29) is 17.1 Å². The van der Waals surface area contributed by atoms with Crippen molar-refractivity contribution in [1.29, 1.82) is 0 Å². The molecule has 1 aliphatic carbocycles. The van der Waals surface area contributed by atoms with Gasteiger partial charge in [0.25, 0.3) is 0 Å². The summed E-state index contributed by atoms with van der Waals surface area (Å²) >= 11 is 6.61. The monoisotopic (exact) mass is 530 g/mol. The molecule has 0 bridgehead atoms. The van der Waals surface area contributed by atoms with E-state index in [1.807, 2.05) is 50.2 Å². The Labute approximate surface area is 227 Å². The zero-order chi connectivity index (χ0) is 27.1. The van der Waals surface area contributed by atoms with Crippen molar-refractivity contribution in [1.82, 2.24) is 20.3 Å². The number of amides is 1. The summed E-state index contributed by atoms with van der Waals surface area (Å²) in [6, 6.07) is 17.9. The number of imidazole rings is 1. The average Bonchev–Trinajstić information content (AvgIpc) is 3.56. The lowest BCUT2D eigenvalue weighted by Crippen LogP contribution is -2.39. The van der Waals surface area contributed by atoms with Crippen LogP contribution in [0.2, 0.25) is 5.02 Å². The predicted molar refractivity (Wildman–Crippen MR) is 149 cm³/mol. The number of aromatic amines is 1. The number of aromatic nitrogens is 3. The van der Waals surface area contributed by atoms with Gasteiger partial charge in [0.1, 0.15) is 11.5 Å². The second kappa shape index (κ2) is 9.87. The normalized spacial score (nSPS) is 14.3. The van der Waals surface area contributed by atoms with E-state index >= 15 is 0 Å². The lowest BCUT2D eigenvalue weighted by atomic mass is 9.89. The number of Topliss-reactive ketones (excluding diaryl/α,β-unsaturated/α-hetero) is 1. The Bertz CT molecular complexity index is 1500. The van der Waals surface area contributed by atoms with Gasteiger partial charge in [-0.15, -0.1) is 0 Å². The van der Waals surface area contributed by atoms with Crippen LogP contribution >= 0.6 is 11.6 Å². The van der Waals surface area contributed by atoms with E-state index in [9.17, 15) is 9.59 Å². The molecule has 0 saturated heterocycles. The molecule has 2 aromatic heterocycles. The van der Waals surface area contributed by atoms with E-state index in [0.717, 1.165) is 30.4 Å². The summed E-state index contributed by atoms with van der Waals surface area (Å²) in [7, 11) is 0. The van der Waals surface area contributed by atoms with Crippen molar-refractivity contribution in [3.8, 4) is 23.0 Å². The summed E-state index contributed by atoms with van der Waals surface area (Å²) in [5.74, 6) is 0.755. The van der Waals surface area contributed by atoms with Gasteiger partial charge in [0.15, 0.2) is 5.65 Å². The van der Waals surface area contributed by atoms with Crippen molar-refractivity contribution in [2.24, 2.45) is 0 Å². The number of hydrogen-bond acceptors (Lipinski definition) is 5. The topological polar surface area (TPSA) is 97.0 Å². The smallest absolute Gasteiger partial charge is 0.301 e. The number of nitrogens with one attached hydrogen (secondary N) is 2. The molecule has 2 N–H and O–H groups in total. The minimum atomic E-state index is -0.493. The molecule has 1 amide bonds. The van der Waals surface area contributed by atoms with Crippen LogP contribution in [0.4, 0.5) is 0 Å². The molecule has 1 saturated carbocycles. The Morgan fingerprint density at radius 2 is 1.74 bits per heavy atom. The van der Waals surface area contributed by atoms with E-state index in [0.29, 0.717) is 40.1 Å². The Morgan fingerprint density at radius 3 is 2.34 bits per heavy atom. The molecular weight excluding hydrogens is 500 g/mol. The Hall–Kier alpha value is -3.71. The van der Waals surface area contributed by atoms with Crippen LogP contribution in [0, 0.1) is 0 Å². The molecule has 2 heterocycles. The second-order valence-electron chi connectivity index (χ2n) is 10.7. The number of carbonyl (C=O) groups is 2. The molecule has 7 nitrogen and oxygen atoms in total. The van der Waals surface area contributed by atoms with Crippen LogP contribution in [0.3, 0.4) is 0 Å². The molecule has 5 rings (SSSR count). The number of fused-ring (bicyclic) bond motifs is 1. The first kappa shape index (κ1) is 25.9. The van der Waals surface area contributed by atoms with Crippen LogP contribution in [0.1, 0.15) is 64.5 Å². The summed E-state index contributed by atoms with van der Waals surface area (Å²) in [5, 5.41) is 3.45. The average molecular weight is 531 g/mol. The number of rotatable bonds is 9. The van der Waals surface area contributed by atoms with Crippen LogP contribution in [0.15, 0.2) is 54.6 Å². The van der Waals surface area contributed by atoms with Crippen LogP contribution in [-0.4, -0.2) is 26.6 Å². The van der Waals surface area contributed by atoms with Gasteiger partial charge in [-0.25, -0.2) is 4.98 Å². The molecular formula is C30H31ClN4O3.